The molecule has 4 aromatic rings. The fourth-order valence-corrected chi connectivity index (χ4v) is 4.84. The maximum Gasteiger partial charge on any atom is 0.265 e. The summed E-state index contributed by atoms with van der Waals surface area (Å²) in [6.07, 6.45) is 3.37. The summed E-state index contributed by atoms with van der Waals surface area (Å²) in [5, 5.41) is 4.61. The van der Waals surface area contributed by atoms with Crippen molar-refractivity contribution in [1.82, 2.24) is 4.98 Å². The third kappa shape index (κ3) is 5.60. The van der Waals surface area contributed by atoms with Crippen LogP contribution in [0.3, 0.4) is 0 Å². The van der Waals surface area contributed by atoms with Gasteiger partial charge in [0.05, 0.1) is 4.90 Å². The third-order valence-corrected chi connectivity index (χ3v) is 6.77. The number of fused-ring (bicyclic) bond motifs is 1. The number of nitrogens with zero attached hydrogens (tertiary/aromatic N) is 1. The summed E-state index contributed by atoms with van der Waals surface area (Å²) in [7, 11) is -3.41. The summed E-state index contributed by atoms with van der Waals surface area (Å²) in [6.45, 7) is 1.98. The summed E-state index contributed by atoms with van der Waals surface area (Å²) in [4.78, 5) is 17.5. The van der Waals surface area contributed by atoms with E-state index in [0.717, 1.165) is 17.2 Å². The minimum atomic E-state index is -3.41. The van der Waals surface area contributed by atoms with Gasteiger partial charge in [0.1, 0.15) is 11.6 Å². The van der Waals surface area contributed by atoms with Gasteiger partial charge in [-0.05, 0) is 53.8 Å². The lowest BCUT2D eigenvalue weighted by molar-refractivity contribution is -0.123. The van der Waals surface area contributed by atoms with Crippen LogP contribution >= 0.6 is 0 Å². The molecule has 3 aromatic carbocycles. The van der Waals surface area contributed by atoms with E-state index >= 15 is 0 Å². The molecule has 0 aliphatic carbocycles. The molecule has 180 valence electrons. The number of nitrogens with two attached hydrogens (primary N) is 1. The number of hydrogen-bond acceptors (Lipinski definition) is 6. The largest absolute Gasteiger partial charge is 0.481 e. The smallest absolute Gasteiger partial charge is 0.265 e. The second-order valence-electron chi connectivity index (χ2n) is 8.31. The van der Waals surface area contributed by atoms with Crippen LogP contribution in [0.1, 0.15) is 19.8 Å². The number of benzene rings is 3. The van der Waals surface area contributed by atoms with Crippen molar-refractivity contribution in [3.63, 3.8) is 0 Å². The van der Waals surface area contributed by atoms with Crippen LogP contribution in [0.25, 0.3) is 21.9 Å². The molecule has 0 aliphatic rings. The van der Waals surface area contributed by atoms with E-state index in [4.69, 9.17) is 10.5 Å². The van der Waals surface area contributed by atoms with Crippen molar-refractivity contribution in [2.24, 2.45) is 0 Å². The lowest BCUT2D eigenvalue weighted by Gasteiger charge is -2.19. The molecule has 0 spiro atoms. The van der Waals surface area contributed by atoms with Gasteiger partial charge in [-0.1, -0.05) is 49.7 Å². The first kappa shape index (κ1) is 24.2. The van der Waals surface area contributed by atoms with E-state index in [-0.39, 0.29) is 10.8 Å². The zero-order valence-electron chi connectivity index (χ0n) is 19.6. The topological polar surface area (TPSA) is 111 Å². The van der Waals surface area contributed by atoms with Gasteiger partial charge >= 0.3 is 0 Å². The first-order chi connectivity index (χ1) is 16.8. The minimum Gasteiger partial charge on any atom is -0.481 e. The number of aromatic nitrogens is 1. The van der Waals surface area contributed by atoms with E-state index in [9.17, 15) is 13.2 Å². The molecule has 0 saturated carbocycles. The third-order valence-electron chi connectivity index (χ3n) is 5.62. The van der Waals surface area contributed by atoms with Gasteiger partial charge in [0.2, 0.25) is 0 Å². The Morgan fingerprint density at radius 1 is 1.06 bits per heavy atom. The first-order valence-electron chi connectivity index (χ1n) is 11.3. The molecule has 3 N–H and O–H groups in total. The highest BCUT2D eigenvalue weighted by molar-refractivity contribution is 7.90. The number of nitrogens with one attached hydrogen (secondary N) is 1. The number of carbonyl (C=O) groups is 1. The Bertz CT molecular complexity index is 1490. The van der Waals surface area contributed by atoms with Crippen molar-refractivity contribution in [2.75, 3.05) is 17.3 Å². The Kier molecular flexibility index (Phi) is 7.02. The van der Waals surface area contributed by atoms with Crippen molar-refractivity contribution < 1.29 is 17.9 Å². The summed E-state index contributed by atoms with van der Waals surface area (Å²) >= 11 is 0. The van der Waals surface area contributed by atoms with E-state index in [1.807, 2.05) is 25.1 Å². The quantitative estimate of drug-likeness (QED) is 0.357. The number of anilines is 2. The number of nitrogen functional groups attached to an aromatic ring is 1. The monoisotopic (exact) mass is 489 g/mol. The molecule has 1 atom stereocenters. The van der Waals surface area contributed by atoms with Gasteiger partial charge in [0, 0.05) is 29.1 Å². The molecule has 8 heteroatoms. The average molecular weight is 490 g/mol. The minimum absolute atomic E-state index is 0.237. The van der Waals surface area contributed by atoms with Gasteiger partial charge < -0.3 is 15.8 Å². The highest BCUT2D eigenvalue weighted by Gasteiger charge is 2.21. The number of ether oxygens (including phenoxy) is 1. The molecular formula is C27H27N3O4S. The maximum absolute atomic E-state index is 13.1. The zero-order chi connectivity index (χ0) is 25.0. The van der Waals surface area contributed by atoms with Gasteiger partial charge in [0.25, 0.3) is 5.91 Å². The number of carbonyl (C=O) groups excluding carboxylic acids is 1. The van der Waals surface area contributed by atoms with Crippen molar-refractivity contribution >= 4 is 38.0 Å². The van der Waals surface area contributed by atoms with Crippen LogP contribution in [0.4, 0.5) is 11.5 Å². The van der Waals surface area contributed by atoms with Crippen molar-refractivity contribution in [1.29, 1.82) is 0 Å². The van der Waals surface area contributed by atoms with Gasteiger partial charge in [-0.2, -0.15) is 0 Å². The van der Waals surface area contributed by atoms with Gasteiger partial charge in [-0.15, -0.1) is 0 Å². The molecular weight excluding hydrogens is 462 g/mol. The molecule has 1 amide bonds. The molecule has 4 rings (SSSR count). The van der Waals surface area contributed by atoms with Crippen LogP contribution in [-0.2, 0) is 14.6 Å². The first-order valence-corrected chi connectivity index (χ1v) is 13.2. The lowest BCUT2D eigenvalue weighted by Crippen LogP contribution is -2.32. The Labute approximate surface area is 204 Å². The Hall–Kier alpha value is -3.91. The molecule has 0 aliphatic heterocycles. The van der Waals surface area contributed by atoms with Crippen LogP contribution in [0, 0.1) is 0 Å². The number of pyridine rings is 1. The van der Waals surface area contributed by atoms with E-state index < -0.39 is 15.9 Å². The second-order valence-corrected chi connectivity index (χ2v) is 10.3. The Morgan fingerprint density at radius 2 is 1.86 bits per heavy atom. The normalized spacial score (nSPS) is 12.3. The standard InChI is InChI=1S/C27H27N3O4S/c1-3-7-24(34-21-13-12-18-14-15-29-26(28)23(18)17-21)27(31)30-20-9-6-8-19(16-20)22-10-4-5-11-25(22)35(2,32)33/h4-6,8-17,24H,3,7H2,1-2H3,(H2,28,29)(H,30,31). The number of rotatable bonds is 8. The van der Waals surface area contributed by atoms with Crippen LogP contribution < -0.4 is 15.8 Å². The van der Waals surface area contributed by atoms with Crippen LogP contribution in [0.2, 0.25) is 0 Å². The van der Waals surface area contributed by atoms with Crippen molar-refractivity contribution in [2.45, 2.75) is 30.8 Å². The SMILES string of the molecule is CCCC(Oc1ccc2ccnc(N)c2c1)C(=O)Nc1cccc(-c2ccccc2S(C)(=O)=O)c1. The fourth-order valence-electron chi connectivity index (χ4n) is 3.93. The highest BCUT2D eigenvalue weighted by Crippen LogP contribution is 2.30. The van der Waals surface area contributed by atoms with Gasteiger partial charge in [-0.25, -0.2) is 13.4 Å². The summed E-state index contributed by atoms with van der Waals surface area (Å²) in [5.74, 6) is 0.636. The average Bonchev–Trinajstić information content (AvgIpc) is 2.84. The van der Waals surface area contributed by atoms with Gasteiger partial charge in [-0.3, -0.25) is 4.79 Å². The highest BCUT2D eigenvalue weighted by atomic mass is 32.2. The molecule has 0 fully saturated rings. The van der Waals surface area contributed by atoms with E-state index in [1.54, 1.807) is 60.8 Å². The van der Waals surface area contributed by atoms with Crippen molar-refractivity contribution in [3.05, 3.63) is 79.0 Å². The number of sulfone groups is 1. The molecule has 0 radical (unpaired) electrons. The molecule has 1 heterocycles. The number of amides is 1. The summed E-state index contributed by atoms with van der Waals surface area (Å²) in [5.41, 5.74) is 7.81. The lowest BCUT2D eigenvalue weighted by atomic mass is 10.0. The molecule has 0 saturated heterocycles. The van der Waals surface area contributed by atoms with Crippen LogP contribution in [0.15, 0.2) is 83.9 Å². The predicted molar refractivity (Wildman–Crippen MR) is 139 cm³/mol. The van der Waals surface area contributed by atoms with E-state index in [2.05, 4.69) is 10.3 Å². The second kappa shape index (κ2) is 10.1. The van der Waals surface area contributed by atoms with Gasteiger partial charge in [0.15, 0.2) is 15.9 Å². The van der Waals surface area contributed by atoms with Crippen molar-refractivity contribution in [3.8, 4) is 16.9 Å². The molecule has 1 unspecified atom stereocenters. The van der Waals surface area contributed by atoms with Crippen LogP contribution in [-0.4, -0.2) is 31.7 Å². The molecule has 0 bridgehead atoms. The molecule has 7 nitrogen and oxygen atoms in total. The molecule has 35 heavy (non-hydrogen) atoms. The zero-order valence-corrected chi connectivity index (χ0v) is 20.4. The molecule has 1 aromatic heterocycles. The fraction of sp³-hybridized carbons (Fsp3) is 0.185. The Balaban J connectivity index is 1.57. The Morgan fingerprint density at radius 3 is 2.63 bits per heavy atom. The van der Waals surface area contributed by atoms with Crippen LogP contribution in [0.5, 0.6) is 5.75 Å². The van der Waals surface area contributed by atoms with E-state index in [0.29, 0.717) is 34.8 Å². The summed E-state index contributed by atoms with van der Waals surface area (Å²) in [6, 6.07) is 21.2. The maximum atomic E-state index is 13.1. The van der Waals surface area contributed by atoms with E-state index in [1.165, 1.54) is 6.26 Å². The summed E-state index contributed by atoms with van der Waals surface area (Å²) < 4.78 is 30.5. The predicted octanol–water partition coefficient (Wildman–Crippen LogP) is 5.07. The number of hydrogen-bond donors (Lipinski definition) is 2.